The fraction of sp³-hybridized carbons (Fsp3) is 0.293. The molecular weight excluding hydrogens is 2040 g/mol. The fourth-order valence-electron chi connectivity index (χ4n) is 14.8. The van der Waals surface area contributed by atoms with E-state index in [1.54, 1.807) is 135 Å². The van der Waals surface area contributed by atoms with Crippen LogP contribution in [0, 0.1) is 115 Å². The summed E-state index contributed by atoms with van der Waals surface area (Å²) in [5.41, 5.74) is 3.26. The molecule has 149 heavy (non-hydrogen) atoms. The highest BCUT2D eigenvalue weighted by Crippen LogP contribution is 2.41. The molecule has 5 aliphatic rings. The second-order valence-corrected chi connectivity index (χ2v) is 44.4. The topological polar surface area (TPSA) is 627 Å². The first-order valence-corrected chi connectivity index (χ1v) is 51.8. The van der Waals surface area contributed by atoms with E-state index in [2.05, 4.69) is 111 Å². The Bertz CT molecular complexity index is 7790. The van der Waals surface area contributed by atoms with Crippen LogP contribution in [-0.4, -0.2) is 189 Å². The Labute approximate surface area is 857 Å². The molecular formula is C99H102F2N20O23S5. The van der Waals surface area contributed by atoms with E-state index >= 15 is 0 Å². The van der Waals surface area contributed by atoms with Gasteiger partial charge >= 0.3 is 0 Å². The van der Waals surface area contributed by atoms with Crippen molar-refractivity contribution in [1.29, 1.82) is 26.3 Å². The molecule has 15 rings (SSSR count). The van der Waals surface area contributed by atoms with Crippen molar-refractivity contribution in [3.8, 4) is 82.8 Å². The Morgan fingerprint density at radius 1 is 0.409 bits per heavy atom. The highest BCUT2D eigenvalue weighted by Gasteiger charge is 2.44. The predicted octanol–water partition coefficient (Wildman–Crippen LogP) is 8.33. The second-order valence-electron chi connectivity index (χ2n) is 36.0. The molecule has 5 aromatic heterocycles. The minimum absolute atomic E-state index is 0.00977. The van der Waals surface area contributed by atoms with Crippen molar-refractivity contribution < 1.29 is 114 Å². The Morgan fingerprint density at radius 3 is 0.866 bits per heavy atom. The van der Waals surface area contributed by atoms with Crippen molar-refractivity contribution in [3.63, 3.8) is 0 Å². The number of anilines is 5. The zero-order valence-corrected chi connectivity index (χ0v) is 86.9. The third-order valence-electron chi connectivity index (χ3n) is 22.7. The number of fused-ring (bicyclic) bond motifs is 5. The van der Waals surface area contributed by atoms with Crippen molar-refractivity contribution in [2.45, 2.75) is 147 Å². The second kappa shape index (κ2) is 44.7. The third kappa shape index (κ3) is 26.7. The standard InChI is InChI=1S/2C21H22N4O5S.C19H18F2N4O5S.2C19H20N4O4S/c2*1-13-5-6-15(9-14(13)10-22)23-20(26)18-19-17(11-25(18)4)31(28,29)24-16(12-30-19)7-8-21(2,3)27;1-10-3-4-12(5-11(10)7-22)23-19(27)17-18-15(8-25(17)2)31(28,29)24-13(9-30-18)14(26)6-16(20)21;2*1-5-19(3)11-27-17-15(28(25,26)22-19)10-23(4)16(17)18(24)21-14-7-6-12(2)13(8-14)9-20/h2*5-6,9,11,16,24,27H,12H2,1-4H3,(H,23,26);3-6,8,13-14,24,26H,9H2,1-2H3,(H,23,27);2*5-8,10,22H,1,11H2,2-4H3,(H,21,24)/t2*16-;13-,14+;2*19-/m10010/s1. The van der Waals surface area contributed by atoms with Crippen LogP contribution >= 0.6 is 0 Å². The minimum atomic E-state index is -4.29. The van der Waals surface area contributed by atoms with Gasteiger partial charge in [0.05, 0.1) is 81.4 Å². The Balaban J connectivity index is 0.000000177. The lowest BCUT2D eigenvalue weighted by atomic mass is 10.1. The molecule has 0 unspecified atom stereocenters. The van der Waals surface area contributed by atoms with Crippen LogP contribution < -0.4 is 73.9 Å². The van der Waals surface area contributed by atoms with Gasteiger partial charge in [-0.1, -0.05) is 66.2 Å². The molecule has 5 amide bonds. The number of benzene rings is 5. The number of nitrogens with zero attached hydrogens (tertiary/aromatic N) is 10. The summed E-state index contributed by atoms with van der Waals surface area (Å²) in [6.45, 7) is 24.5. The summed E-state index contributed by atoms with van der Waals surface area (Å²) in [6.07, 6.45) is 5.46. The van der Waals surface area contributed by atoms with Gasteiger partial charge in [0.15, 0.2) is 57.2 Å². The minimum Gasteiger partial charge on any atom is -0.488 e. The van der Waals surface area contributed by atoms with Gasteiger partial charge in [-0.25, -0.2) is 46.8 Å². The summed E-state index contributed by atoms with van der Waals surface area (Å²) in [7, 11) is -12.5. The SMILES string of the molecule is C=C[C@@]1(C)COc2c(cn(C)c2C(=O)Nc2ccc(C)c(C#N)c2)S(=O)(=O)N1.C=C[C@]1(C)COc2c(cn(C)c2C(=O)Nc2ccc(C)c(C#N)c2)S(=O)(=O)N1.Cc1ccc(NC(=O)c2c3c(cn2C)S(=O)(=O)N[C@@H](C#CC(C)(C)O)CO3)cc1C#N.Cc1ccc(NC(=O)c2c3c(cn2C)S(=O)(=O)N[C@H](C#CC(C)(C)O)CO3)cc1C#N.Cc1ccc(NC(=O)c2c3c(cn2C)S(=O)(=O)N[C@H]([C@H](O)C=C(F)F)CO3)cc1C#N. The van der Waals surface area contributed by atoms with E-state index in [0.29, 0.717) is 56.3 Å². The van der Waals surface area contributed by atoms with E-state index in [4.69, 9.17) is 39.5 Å². The van der Waals surface area contributed by atoms with Crippen LogP contribution in [0.5, 0.6) is 28.7 Å². The lowest BCUT2D eigenvalue weighted by Gasteiger charge is -2.23. The summed E-state index contributed by atoms with van der Waals surface area (Å²) in [5, 5.41) is 88.5. The number of aliphatic hydroxyl groups excluding tert-OH is 1. The largest absolute Gasteiger partial charge is 0.488 e. The van der Waals surface area contributed by atoms with Crippen LogP contribution in [0.25, 0.3) is 0 Å². The number of rotatable bonds is 14. The van der Waals surface area contributed by atoms with Gasteiger partial charge in [-0.3, -0.25) is 24.0 Å². The van der Waals surface area contributed by atoms with Gasteiger partial charge in [0.2, 0.25) is 50.1 Å². The van der Waals surface area contributed by atoms with Crippen LogP contribution in [-0.2, 0) is 85.4 Å². The van der Waals surface area contributed by atoms with Crippen molar-refractivity contribution in [2.24, 2.45) is 35.2 Å². The van der Waals surface area contributed by atoms with E-state index in [0.717, 1.165) is 34.0 Å². The number of hydrogen-bond donors (Lipinski definition) is 13. The third-order valence-corrected chi connectivity index (χ3v) is 30.3. The number of carbonyl (C=O) groups is 5. The van der Waals surface area contributed by atoms with Crippen LogP contribution in [0.1, 0.15) is 150 Å². The van der Waals surface area contributed by atoms with Crippen LogP contribution in [0.4, 0.5) is 37.2 Å². The number of aromatic nitrogens is 5. The molecule has 5 aliphatic heterocycles. The molecule has 780 valence electrons. The molecule has 43 nitrogen and oxygen atoms in total. The number of hydrogen-bond acceptors (Lipinski definition) is 28. The van der Waals surface area contributed by atoms with Crippen LogP contribution in [0.2, 0.25) is 0 Å². The molecule has 6 atom stereocenters. The number of nitriles is 5. The quantitative estimate of drug-likeness (QED) is 0.0359. The van der Waals surface area contributed by atoms with E-state index < -0.39 is 139 Å². The fourth-order valence-corrected chi connectivity index (χ4v) is 22.0. The summed E-state index contributed by atoms with van der Waals surface area (Å²) < 4.78 is 199. The number of nitrogens with one attached hydrogen (secondary N) is 10. The van der Waals surface area contributed by atoms with Gasteiger partial charge in [0.25, 0.3) is 35.6 Å². The van der Waals surface area contributed by atoms with E-state index in [-0.39, 0.29) is 114 Å². The molecule has 50 heteroatoms. The Morgan fingerprint density at radius 2 is 0.638 bits per heavy atom. The smallest absolute Gasteiger partial charge is 0.276 e. The molecule has 0 spiro atoms. The highest BCUT2D eigenvalue weighted by molar-refractivity contribution is 7.90. The maximum atomic E-state index is 12.9. The average Bonchev–Trinajstić information content (AvgIpc) is 1.60. The van der Waals surface area contributed by atoms with Gasteiger partial charge in [-0.05, 0) is 165 Å². The molecule has 0 fully saturated rings. The number of halogens is 2. The molecule has 0 saturated heterocycles. The molecule has 0 radical (unpaired) electrons. The number of ether oxygens (including phenoxy) is 5. The zero-order chi connectivity index (χ0) is 110. The summed E-state index contributed by atoms with van der Waals surface area (Å²) in [5.74, 6) is 6.93. The lowest BCUT2D eigenvalue weighted by Crippen LogP contribution is -2.46. The number of aliphatic hydroxyl groups is 3. The zero-order valence-electron chi connectivity index (χ0n) is 82.8. The number of aryl methyl sites for hydroxylation is 10. The van der Waals surface area contributed by atoms with Gasteiger partial charge in [0, 0.05) is 101 Å². The molecule has 0 bridgehead atoms. The molecule has 10 heterocycles. The summed E-state index contributed by atoms with van der Waals surface area (Å²) in [6, 6.07) is 31.4. The van der Waals surface area contributed by atoms with Crippen molar-refractivity contribution in [2.75, 3.05) is 59.6 Å². The van der Waals surface area contributed by atoms with E-state index in [1.807, 2.05) is 6.07 Å². The van der Waals surface area contributed by atoms with Crippen molar-refractivity contribution in [1.82, 2.24) is 46.4 Å². The van der Waals surface area contributed by atoms with Crippen molar-refractivity contribution >= 4 is 108 Å². The van der Waals surface area contributed by atoms with Gasteiger partial charge in [0.1, 0.15) is 80.8 Å². The summed E-state index contributed by atoms with van der Waals surface area (Å²) in [4.78, 5) is 63.5. The average molecular weight is 2140 g/mol. The molecule has 0 aliphatic carbocycles. The van der Waals surface area contributed by atoms with Gasteiger partial charge in [-0.2, -0.15) is 54.0 Å². The number of carbonyl (C=O) groups excluding carboxylic acids is 5. The van der Waals surface area contributed by atoms with Gasteiger partial charge in [-0.15, -0.1) is 13.2 Å². The van der Waals surface area contributed by atoms with Crippen LogP contribution in [0.15, 0.2) is 184 Å². The molecule has 0 saturated carbocycles. The Hall–Kier alpha value is -16.1. The lowest BCUT2D eigenvalue weighted by molar-refractivity contribution is 0.0999. The normalized spacial score (nSPS) is 18.5. The molecule has 10 aromatic rings. The molecule has 5 aromatic carbocycles. The molecule has 13 N–H and O–H groups in total. The maximum Gasteiger partial charge on any atom is 0.276 e. The monoisotopic (exact) mass is 2140 g/mol. The maximum absolute atomic E-state index is 12.9. The Kier molecular flexibility index (Phi) is 34.0. The van der Waals surface area contributed by atoms with Crippen LogP contribution in [0.3, 0.4) is 0 Å². The van der Waals surface area contributed by atoms with E-state index in [1.165, 1.54) is 127 Å². The number of amides is 5. The highest BCUT2D eigenvalue weighted by atomic mass is 32.2. The number of sulfonamides is 5. The van der Waals surface area contributed by atoms with Gasteiger partial charge < -0.3 is 88.4 Å². The van der Waals surface area contributed by atoms with E-state index in [9.17, 15) is 101 Å². The summed E-state index contributed by atoms with van der Waals surface area (Å²) >= 11 is 0. The predicted molar refractivity (Wildman–Crippen MR) is 538 cm³/mol. The van der Waals surface area contributed by atoms with Crippen molar-refractivity contribution in [3.05, 3.63) is 244 Å². The first kappa shape index (κ1) is 113. The first-order valence-electron chi connectivity index (χ1n) is 44.4. The first-order chi connectivity index (χ1) is 69.5.